The Kier molecular flexibility index (Phi) is 7.20. The average molecular weight is 438 g/mol. The van der Waals surface area contributed by atoms with Crippen molar-refractivity contribution < 1.29 is 4.79 Å². The Morgan fingerprint density at radius 2 is 1.87 bits per heavy atom. The summed E-state index contributed by atoms with van der Waals surface area (Å²) in [6.45, 7) is 5.24. The zero-order valence-electron chi connectivity index (χ0n) is 17.3. The Morgan fingerprint density at radius 1 is 1.10 bits per heavy atom. The first kappa shape index (κ1) is 21.1. The molecule has 0 bridgehead atoms. The van der Waals surface area contributed by atoms with E-state index in [0.29, 0.717) is 0 Å². The lowest BCUT2D eigenvalue weighted by atomic mass is 10.1. The highest BCUT2D eigenvalue weighted by molar-refractivity contribution is 7.99. The first-order valence-corrected chi connectivity index (χ1v) is 12.5. The van der Waals surface area contributed by atoms with Crippen LogP contribution in [0.1, 0.15) is 23.7 Å². The lowest BCUT2D eigenvalue weighted by molar-refractivity contribution is -0.115. The smallest absolute Gasteiger partial charge is 0.230 e. The van der Waals surface area contributed by atoms with Gasteiger partial charge in [-0.15, -0.1) is 11.3 Å². The maximum Gasteiger partial charge on any atom is 0.230 e. The number of hydrogen-bond donors (Lipinski definition) is 1. The molecule has 0 unspecified atom stereocenters. The van der Waals surface area contributed by atoms with E-state index in [-0.39, 0.29) is 12.3 Å². The number of nitrogens with zero attached hydrogens (tertiary/aromatic N) is 2. The number of para-hydroxylation sites is 1. The van der Waals surface area contributed by atoms with Crippen LogP contribution in [0.2, 0.25) is 0 Å². The van der Waals surface area contributed by atoms with Crippen molar-refractivity contribution in [3.05, 3.63) is 70.7 Å². The molecule has 1 fully saturated rings. The van der Waals surface area contributed by atoms with Crippen molar-refractivity contribution in [2.45, 2.75) is 26.3 Å². The third-order valence-electron chi connectivity index (χ3n) is 5.29. The van der Waals surface area contributed by atoms with Gasteiger partial charge in [0.1, 0.15) is 5.01 Å². The van der Waals surface area contributed by atoms with Crippen LogP contribution in [-0.4, -0.2) is 40.4 Å². The van der Waals surface area contributed by atoms with Gasteiger partial charge < -0.3 is 5.32 Å². The van der Waals surface area contributed by atoms with E-state index >= 15 is 0 Å². The van der Waals surface area contributed by atoms with Crippen LogP contribution < -0.4 is 5.32 Å². The van der Waals surface area contributed by atoms with Gasteiger partial charge in [0.05, 0.1) is 12.1 Å². The van der Waals surface area contributed by atoms with Crippen molar-refractivity contribution in [2.24, 2.45) is 0 Å². The number of nitrogens with one attached hydrogen (secondary N) is 1. The number of thiazole rings is 1. The Balaban J connectivity index is 1.38. The first-order chi connectivity index (χ1) is 14.7. The van der Waals surface area contributed by atoms with Gasteiger partial charge in [-0.1, -0.05) is 49.4 Å². The number of hydrogen-bond acceptors (Lipinski definition) is 5. The van der Waals surface area contributed by atoms with Gasteiger partial charge in [0.2, 0.25) is 5.91 Å². The number of amides is 1. The van der Waals surface area contributed by atoms with E-state index in [4.69, 9.17) is 0 Å². The van der Waals surface area contributed by atoms with Gasteiger partial charge >= 0.3 is 0 Å². The number of rotatable bonds is 7. The fourth-order valence-corrected chi connectivity index (χ4v) is 5.35. The van der Waals surface area contributed by atoms with Crippen LogP contribution in [0.3, 0.4) is 0 Å². The molecule has 1 aliphatic heterocycles. The zero-order chi connectivity index (χ0) is 20.8. The Bertz CT molecular complexity index is 978. The minimum absolute atomic E-state index is 0.0187. The van der Waals surface area contributed by atoms with Gasteiger partial charge in [-0.25, -0.2) is 4.98 Å². The molecule has 6 heteroatoms. The summed E-state index contributed by atoms with van der Waals surface area (Å²) < 4.78 is 0. The first-order valence-electron chi connectivity index (χ1n) is 10.4. The maximum atomic E-state index is 12.7. The lowest BCUT2D eigenvalue weighted by Gasteiger charge is -2.27. The molecule has 156 valence electrons. The summed E-state index contributed by atoms with van der Waals surface area (Å²) >= 11 is 3.60. The molecular formula is C24H27N3OS2. The Hall–Kier alpha value is -2.15. The van der Waals surface area contributed by atoms with Crippen molar-refractivity contribution in [3.63, 3.8) is 0 Å². The van der Waals surface area contributed by atoms with Crippen molar-refractivity contribution in [3.8, 4) is 10.6 Å². The third-order valence-corrected chi connectivity index (χ3v) is 7.17. The van der Waals surface area contributed by atoms with Crippen LogP contribution in [0.25, 0.3) is 10.6 Å². The molecule has 0 aliphatic carbocycles. The molecule has 0 radical (unpaired) electrons. The quantitative estimate of drug-likeness (QED) is 0.558. The molecule has 4 rings (SSSR count). The van der Waals surface area contributed by atoms with Crippen molar-refractivity contribution >= 4 is 34.7 Å². The second-order valence-electron chi connectivity index (χ2n) is 7.47. The SMILES string of the molecule is CCc1ccc(-c2nc(CC(=O)Nc3ccccc3CN3CCSCC3)cs2)cc1. The minimum Gasteiger partial charge on any atom is -0.325 e. The van der Waals surface area contributed by atoms with E-state index < -0.39 is 0 Å². The highest BCUT2D eigenvalue weighted by Gasteiger charge is 2.15. The average Bonchev–Trinajstić information content (AvgIpc) is 3.24. The summed E-state index contributed by atoms with van der Waals surface area (Å²) in [5, 5.41) is 6.05. The van der Waals surface area contributed by atoms with Crippen molar-refractivity contribution in [1.82, 2.24) is 9.88 Å². The van der Waals surface area contributed by atoms with Crippen LogP contribution in [0.15, 0.2) is 53.9 Å². The molecule has 0 atom stereocenters. The predicted molar refractivity (Wildman–Crippen MR) is 128 cm³/mol. The molecule has 30 heavy (non-hydrogen) atoms. The molecule has 1 aliphatic rings. The zero-order valence-corrected chi connectivity index (χ0v) is 18.9. The fraction of sp³-hybridized carbons (Fsp3) is 0.333. The summed E-state index contributed by atoms with van der Waals surface area (Å²) in [6.07, 6.45) is 1.32. The highest BCUT2D eigenvalue weighted by Crippen LogP contribution is 2.25. The summed E-state index contributed by atoms with van der Waals surface area (Å²) in [5.41, 5.74) is 5.32. The molecule has 1 N–H and O–H groups in total. The standard InChI is InChI=1S/C24H27N3OS2/c1-2-18-7-9-19(10-8-18)24-25-21(17-30-24)15-23(28)26-22-6-4-3-5-20(22)16-27-11-13-29-14-12-27/h3-10,17H,2,11-16H2,1H3,(H,26,28). The van der Waals surface area contributed by atoms with Gasteiger partial charge in [-0.3, -0.25) is 9.69 Å². The number of carbonyl (C=O) groups excluding carboxylic acids is 1. The Morgan fingerprint density at radius 3 is 2.63 bits per heavy atom. The van der Waals surface area contributed by atoms with Crippen LogP contribution in [0.5, 0.6) is 0 Å². The van der Waals surface area contributed by atoms with Gasteiger partial charge in [-0.2, -0.15) is 11.8 Å². The molecular weight excluding hydrogens is 410 g/mol. The summed E-state index contributed by atoms with van der Waals surface area (Å²) in [5.74, 6) is 2.35. The van der Waals surface area contributed by atoms with E-state index in [2.05, 4.69) is 52.5 Å². The molecule has 0 saturated carbocycles. The molecule has 1 saturated heterocycles. The normalized spacial score (nSPS) is 14.6. The second kappa shape index (κ2) is 10.2. The van der Waals surface area contributed by atoms with Crippen LogP contribution >= 0.6 is 23.1 Å². The number of anilines is 1. The van der Waals surface area contributed by atoms with E-state index in [1.807, 2.05) is 35.3 Å². The number of aryl methyl sites for hydroxylation is 1. The number of thioether (sulfide) groups is 1. The summed E-state index contributed by atoms with van der Waals surface area (Å²) in [7, 11) is 0. The van der Waals surface area contributed by atoms with E-state index in [0.717, 1.165) is 48.0 Å². The minimum atomic E-state index is -0.0187. The maximum absolute atomic E-state index is 12.7. The second-order valence-corrected chi connectivity index (χ2v) is 9.55. The van der Waals surface area contributed by atoms with Crippen LogP contribution in [0, 0.1) is 0 Å². The van der Waals surface area contributed by atoms with E-state index in [1.54, 1.807) is 11.3 Å². The number of aromatic nitrogens is 1. The van der Waals surface area contributed by atoms with Crippen LogP contribution in [0.4, 0.5) is 5.69 Å². The highest BCUT2D eigenvalue weighted by atomic mass is 32.2. The van der Waals surface area contributed by atoms with Gasteiger partial charge in [0.25, 0.3) is 0 Å². The molecule has 0 spiro atoms. The van der Waals surface area contributed by atoms with Gasteiger partial charge in [0, 0.05) is 47.8 Å². The van der Waals surface area contributed by atoms with Crippen molar-refractivity contribution in [2.75, 3.05) is 29.9 Å². The molecule has 2 aromatic carbocycles. The largest absolute Gasteiger partial charge is 0.325 e. The Labute approximate surface area is 186 Å². The molecule has 4 nitrogen and oxygen atoms in total. The van der Waals surface area contributed by atoms with Crippen LogP contribution in [-0.2, 0) is 24.2 Å². The molecule has 2 heterocycles. The molecule has 1 aromatic heterocycles. The fourth-order valence-electron chi connectivity index (χ4n) is 3.54. The van der Waals surface area contributed by atoms with E-state index in [9.17, 15) is 4.79 Å². The number of benzene rings is 2. The third kappa shape index (κ3) is 5.50. The molecule has 1 amide bonds. The van der Waals surface area contributed by atoms with Gasteiger partial charge in [-0.05, 0) is 23.6 Å². The lowest BCUT2D eigenvalue weighted by Crippen LogP contribution is -2.32. The van der Waals surface area contributed by atoms with Gasteiger partial charge in [0.15, 0.2) is 0 Å². The summed E-state index contributed by atoms with van der Waals surface area (Å²) in [6, 6.07) is 16.6. The number of carbonyl (C=O) groups is 1. The topological polar surface area (TPSA) is 45.2 Å². The monoisotopic (exact) mass is 437 g/mol. The predicted octanol–water partition coefficient (Wildman–Crippen LogP) is 5.10. The molecule has 3 aromatic rings. The van der Waals surface area contributed by atoms with E-state index in [1.165, 1.54) is 22.6 Å². The summed E-state index contributed by atoms with van der Waals surface area (Å²) in [4.78, 5) is 19.8. The van der Waals surface area contributed by atoms with Crippen molar-refractivity contribution in [1.29, 1.82) is 0 Å².